The Morgan fingerprint density at radius 2 is 2.14 bits per heavy atom. The summed E-state index contributed by atoms with van der Waals surface area (Å²) in [5.41, 5.74) is 0. The van der Waals surface area contributed by atoms with E-state index in [9.17, 15) is 8.42 Å². The molecular formula is C8H16ClNO3S. The normalized spacial score (nSPS) is 20.0. The van der Waals surface area contributed by atoms with E-state index >= 15 is 0 Å². The first-order valence-electron chi connectivity index (χ1n) is 4.56. The molecule has 1 fully saturated rings. The van der Waals surface area contributed by atoms with Gasteiger partial charge in [0.1, 0.15) is 0 Å². The van der Waals surface area contributed by atoms with Gasteiger partial charge in [0.05, 0.1) is 17.2 Å². The minimum atomic E-state index is -3.09. The fourth-order valence-electron chi connectivity index (χ4n) is 1.24. The van der Waals surface area contributed by atoms with Crippen LogP contribution in [0.2, 0.25) is 0 Å². The summed E-state index contributed by atoms with van der Waals surface area (Å²) in [4.78, 5) is 0. The molecule has 0 aliphatic heterocycles. The zero-order valence-electron chi connectivity index (χ0n) is 8.44. The minimum Gasteiger partial charge on any atom is -0.383 e. The van der Waals surface area contributed by atoms with Crippen molar-refractivity contribution in [2.24, 2.45) is 0 Å². The van der Waals surface area contributed by atoms with Crippen LogP contribution in [-0.2, 0) is 14.8 Å². The summed E-state index contributed by atoms with van der Waals surface area (Å²) < 4.78 is 29.5. The minimum absolute atomic E-state index is 0.168. The molecule has 0 aromatic rings. The molecular weight excluding hydrogens is 226 g/mol. The molecule has 14 heavy (non-hydrogen) atoms. The molecule has 0 aromatic heterocycles. The number of halogens is 1. The van der Waals surface area contributed by atoms with Crippen molar-refractivity contribution in [3.8, 4) is 0 Å². The summed E-state index contributed by atoms with van der Waals surface area (Å²) in [6.07, 6.45) is 1.56. The predicted molar refractivity (Wildman–Crippen MR) is 56.1 cm³/mol. The highest BCUT2D eigenvalue weighted by atomic mass is 35.5. The second-order valence-electron chi connectivity index (χ2n) is 3.58. The molecule has 1 atom stereocenters. The average Bonchev–Trinajstić information content (AvgIpc) is 2.86. The molecule has 0 heterocycles. The van der Waals surface area contributed by atoms with E-state index < -0.39 is 10.0 Å². The highest BCUT2D eigenvalue weighted by Crippen LogP contribution is 2.30. The van der Waals surface area contributed by atoms with Crippen LogP contribution in [0.3, 0.4) is 0 Å². The lowest BCUT2D eigenvalue weighted by molar-refractivity contribution is 0.192. The molecule has 0 bridgehead atoms. The van der Waals surface area contributed by atoms with Gasteiger partial charge in [-0.15, -0.1) is 11.6 Å². The van der Waals surface area contributed by atoms with Crippen molar-refractivity contribution in [2.45, 2.75) is 23.5 Å². The lowest BCUT2D eigenvalue weighted by atomic mass is 10.4. The maximum Gasteiger partial charge on any atom is 0.216 e. The molecule has 1 aliphatic rings. The lowest BCUT2D eigenvalue weighted by Gasteiger charge is -2.19. The monoisotopic (exact) mass is 241 g/mol. The Hall–Kier alpha value is 0.160. The van der Waals surface area contributed by atoms with Crippen molar-refractivity contribution in [1.29, 1.82) is 0 Å². The third-order valence-corrected chi connectivity index (χ3v) is 4.78. The van der Waals surface area contributed by atoms with E-state index in [4.69, 9.17) is 16.3 Å². The zero-order valence-corrected chi connectivity index (χ0v) is 10.0. The van der Waals surface area contributed by atoms with Gasteiger partial charge in [-0.1, -0.05) is 0 Å². The summed E-state index contributed by atoms with van der Waals surface area (Å²) in [7, 11) is 0.0287. The smallest absolute Gasteiger partial charge is 0.216 e. The molecule has 1 rings (SSSR count). The molecule has 0 aromatic carbocycles. The molecule has 1 unspecified atom stereocenters. The molecule has 0 radical (unpaired) electrons. The van der Waals surface area contributed by atoms with Crippen LogP contribution >= 0.6 is 11.6 Å². The van der Waals surface area contributed by atoms with E-state index in [1.807, 2.05) is 0 Å². The van der Waals surface area contributed by atoms with Crippen LogP contribution in [0.1, 0.15) is 12.8 Å². The number of ether oxygens (including phenoxy) is 1. The van der Waals surface area contributed by atoms with Gasteiger partial charge >= 0.3 is 0 Å². The van der Waals surface area contributed by atoms with Gasteiger partial charge in [0.25, 0.3) is 0 Å². The molecule has 1 saturated carbocycles. The summed E-state index contributed by atoms with van der Waals surface area (Å²) in [6, 6.07) is 0. The Morgan fingerprint density at radius 3 is 2.57 bits per heavy atom. The summed E-state index contributed by atoms with van der Waals surface area (Å²) in [5.74, 6) is 0. The highest BCUT2D eigenvalue weighted by molar-refractivity contribution is 7.90. The Labute approximate surface area is 90.2 Å². The van der Waals surface area contributed by atoms with Crippen LogP contribution < -0.4 is 0 Å². The lowest BCUT2D eigenvalue weighted by Crippen LogP contribution is -2.36. The quantitative estimate of drug-likeness (QED) is 0.642. The van der Waals surface area contributed by atoms with Crippen molar-refractivity contribution in [3.05, 3.63) is 0 Å². The van der Waals surface area contributed by atoms with E-state index in [1.54, 1.807) is 14.2 Å². The second-order valence-corrected chi connectivity index (χ2v) is 6.51. The predicted octanol–water partition coefficient (Wildman–Crippen LogP) is 0.664. The van der Waals surface area contributed by atoms with Crippen LogP contribution in [0, 0.1) is 0 Å². The third-order valence-electron chi connectivity index (χ3n) is 2.18. The SMILES string of the molecule is COCC(Cl)CN(C)S(=O)(=O)C1CC1. The van der Waals surface area contributed by atoms with E-state index in [1.165, 1.54) is 4.31 Å². The van der Waals surface area contributed by atoms with E-state index in [0.717, 1.165) is 12.8 Å². The van der Waals surface area contributed by atoms with Gasteiger partial charge in [0.15, 0.2) is 0 Å². The Kier molecular flexibility index (Phi) is 4.18. The van der Waals surface area contributed by atoms with Gasteiger partial charge in [-0.05, 0) is 12.8 Å². The number of rotatable bonds is 6. The standard InChI is InChI=1S/C8H16ClNO3S/c1-10(5-7(9)6-13-2)14(11,12)8-3-4-8/h7-8H,3-6H2,1-2H3. The van der Waals surface area contributed by atoms with Gasteiger partial charge in [-0.3, -0.25) is 0 Å². The van der Waals surface area contributed by atoms with Crippen LogP contribution in [0.25, 0.3) is 0 Å². The van der Waals surface area contributed by atoms with Gasteiger partial charge in [-0.2, -0.15) is 0 Å². The molecule has 6 heteroatoms. The van der Waals surface area contributed by atoms with Gasteiger partial charge in [0, 0.05) is 20.7 Å². The molecule has 1 aliphatic carbocycles. The number of sulfonamides is 1. The maximum absolute atomic E-state index is 11.7. The van der Waals surface area contributed by atoms with Crippen molar-refractivity contribution < 1.29 is 13.2 Å². The van der Waals surface area contributed by atoms with Crippen molar-refractivity contribution in [3.63, 3.8) is 0 Å². The molecule has 4 nitrogen and oxygen atoms in total. The number of alkyl halides is 1. The van der Waals surface area contributed by atoms with E-state index in [-0.39, 0.29) is 10.6 Å². The first kappa shape index (κ1) is 12.2. The maximum atomic E-state index is 11.7. The van der Waals surface area contributed by atoms with Crippen molar-refractivity contribution >= 4 is 21.6 Å². The van der Waals surface area contributed by atoms with Crippen LogP contribution in [-0.4, -0.2) is 50.7 Å². The third kappa shape index (κ3) is 3.08. The fraction of sp³-hybridized carbons (Fsp3) is 1.00. The largest absolute Gasteiger partial charge is 0.383 e. The molecule has 0 N–H and O–H groups in total. The van der Waals surface area contributed by atoms with Crippen molar-refractivity contribution in [1.82, 2.24) is 4.31 Å². The zero-order chi connectivity index (χ0) is 10.8. The Bertz CT molecular complexity index is 276. The van der Waals surface area contributed by atoms with Crippen molar-refractivity contribution in [2.75, 3.05) is 27.3 Å². The fourth-order valence-corrected chi connectivity index (χ4v) is 3.28. The summed E-state index contributed by atoms with van der Waals surface area (Å²) in [6.45, 7) is 0.681. The van der Waals surface area contributed by atoms with Gasteiger partial charge < -0.3 is 4.74 Å². The van der Waals surface area contributed by atoms with Crippen LogP contribution in [0.4, 0.5) is 0 Å². The van der Waals surface area contributed by atoms with Gasteiger partial charge in [-0.25, -0.2) is 12.7 Å². The number of nitrogens with zero attached hydrogens (tertiary/aromatic N) is 1. The second kappa shape index (κ2) is 4.79. The molecule has 0 spiro atoms. The topological polar surface area (TPSA) is 46.6 Å². The first-order valence-corrected chi connectivity index (χ1v) is 6.50. The number of hydrogen-bond acceptors (Lipinski definition) is 3. The van der Waals surface area contributed by atoms with Crippen LogP contribution in [0.5, 0.6) is 0 Å². The molecule has 0 saturated heterocycles. The number of methoxy groups -OCH3 is 1. The highest BCUT2D eigenvalue weighted by Gasteiger charge is 2.38. The Balaban J connectivity index is 2.44. The summed E-state index contributed by atoms with van der Waals surface area (Å²) in [5, 5.41) is -0.447. The van der Waals surface area contributed by atoms with E-state index in [2.05, 4.69) is 0 Å². The summed E-state index contributed by atoms with van der Waals surface area (Å²) >= 11 is 5.88. The molecule has 0 amide bonds. The molecule has 84 valence electrons. The number of hydrogen-bond donors (Lipinski definition) is 0. The van der Waals surface area contributed by atoms with Crippen LogP contribution in [0.15, 0.2) is 0 Å². The van der Waals surface area contributed by atoms with E-state index in [0.29, 0.717) is 13.2 Å². The average molecular weight is 242 g/mol. The van der Waals surface area contributed by atoms with Gasteiger partial charge in [0.2, 0.25) is 10.0 Å². The Morgan fingerprint density at radius 1 is 1.57 bits per heavy atom. The first-order chi connectivity index (χ1) is 6.48.